The summed E-state index contributed by atoms with van der Waals surface area (Å²) >= 11 is 2.83. The highest BCUT2D eigenvalue weighted by Crippen LogP contribution is 2.30. The molecule has 0 spiro atoms. The molecule has 0 radical (unpaired) electrons. The standard InChI is InChI=1S/C24H15N5O2S2/c25-13-15-7-9-16(10-8-15)14-32-24-29-28-23(33-24)27-22(30)18-12-20(21-6-3-11-31-21)26-19-5-2-1-4-17(18)19/h1-12H,14H2,(H,27,28,30). The topological polar surface area (TPSA) is 105 Å². The number of benzene rings is 2. The predicted octanol–water partition coefficient (Wildman–Crippen LogP) is 5.76. The number of hydrogen-bond acceptors (Lipinski definition) is 8. The van der Waals surface area contributed by atoms with E-state index >= 15 is 0 Å². The molecule has 33 heavy (non-hydrogen) atoms. The molecule has 0 bridgehead atoms. The summed E-state index contributed by atoms with van der Waals surface area (Å²) in [4.78, 5) is 17.8. The van der Waals surface area contributed by atoms with Crippen molar-refractivity contribution in [3.05, 3.63) is 89.7 Å². The summed E-state index contributed by atoms with van der Waals surface area (Å²) in [5.41, 5.74) is 3.47. The van der Waals surface area contributed by atoms with Gasteiger partial charge in [-0.2, -0.15) is 5.26 Å². The number of amides is 1. The number of nitriles is 1. The average Bonchev–Trinajstić information content (AvgIpc) is 3.55. The summed E-state index contributed by atoms with van der Waals surface area (Å²) in [6, 6.07) is 22.3. The van der Waals surface area contributed by atoms with Gasteiger partial charge in [0.05, 0.1) is 29.0 Å². The number of aromatic nitrogens is 3. The number of furan rings is 1. The van der Waals surface area contributed by atoms with Crippen molar-refractivity contribution in [2.45, 2.75) is 10.1 Å². The van der Waals surface area contributed by atoms with Crippen LogP contribution in [-0.4, -0.2) is 21.1 Å². The number of nitrogens with one attached hydrogen (secondary N) is 1. The number of hydrogen-bond donors (Lipinski definition) is 1. The van der Waals surface area contributed by atoms with Gasteiger partial charge >= 0.3 is 0 Å². The van der Waals surface area contributed by atoms with Crippen LogP contribution in [0.25, 0.3) is 22.4 Å². The van der Waals surface area contributed by atoms with Crippen LogP contribution in [0.2, 0.25) is 0 Å². The van der Waals surface area contributed by atoms with E-state index in [2.05, 4.69) is 26.6 Å². The maximum atomic E-state index is 13.1. The van der Waals surface area contributed by atoms with Crippen LogP contribution < -0.4 is 5.32 Å². The number of para-hydroxylation sites is 1. The quantitative estimate of drug-likeness (QED) is 0.249. The fraction of sp³-hybridized carbons (Fsp3) is 0.0417. The molecule has 0 aliphatic heterocycles. The van der Waals surface area contributed by atoms with Crippen LogP contribution in [0.1, 0.15) is 21.5 Å². The van der Waals surface area contributed by atoms with Gasteiger partial charge in [-0.25, -0.2) is 4.98 Å². The van der Waals surface area contributed by atoms with Crippen LogP contribution in [0.15, 0.2) is 81.8 Å². The summed E-state index contributed by atoms with van der Waals surface area (Å²) in [5.74, 6) is 0.990. The minimum atomic E-state index is -0.291. The smallest absolute Gasteiger partial charge is 0.258 e. The maximum absolute atomic E-state index is 13.1. The van der Waals surface area contributed by atoms with Crippen LogP contribution in [0, 0.1) is 11.3 Å². The monoisotopic (exact) mass is 469 g/mol. The SMILES string of the molecule is N#Cc1ccc(CSc2nnc(NC(=O)c3cc(-c4ccco4)nc4ccccc34)s2)cc1. The molecular weight excluding hydrogens is 454 g/mol. The van der Waals surface area contributed by atoms with E-state index in [9.17, 15) is 4.79 Å². The first kappa shape index (κ1) is 20.9. The molecule has 0 aliphatic carbocycles. The fourth-order valence-corrected chi connectivity index (χ4v) is 4.92. The Hall–Kier alpha value is -4.00. The molecule has 5 aromatic rings. The van der Waals surface area contributed by atoms with Crippen molar-refractivity contribution in [2.24, 2.45) is 0 Å². The van der Waals surface area contributed by atoms with Crippen LogP contribution in [0.5, 0.6) is 0 Å². The van der Waals surface area contributed by atoms with Gasteiger partial charge in [0.25, 0.3) is 5.91 Å². The lowest BCUT2D eigenvalue weighted by Crippen LogP contribution is -2.13. The lowest BCUT2D eigenvalue weighted by molar-refractivity contribution is 0.102. The van der Waals surface area contributed by atoms with Crippen molar-refractivity contribution < 1.29 is 9.21 Å². The van der Waals surface area contributed by atoms with E-state index in [1.165, 1.54) is 23.1 Å². The maximum Gasteiger partial charge on any atom is 0.258 e. The Labute approximate surface area is 197 Å². The van der Waals surface area contributed by atoms with Gasteiger partial charge in [0.1, 0.15) is 5.69 Å². The second kappa shape index (κ2) is 9.24. The Morgan fingerprint density at radius 2 is 1.94 bits per heavy atom. The molecule has 1 amide bonds. The summed E-state index contributed by atoms with van der Waals surface area (Å²) in [6.45, 7) is 0. The summed E-state index contributed by atoms with van der Waals surface area (Å²) in [6.07, 6.45) is 1.57. The van der Waals surface area contributed by atoms with Gasteiger partial charge in [0.15, 0.2) is 10.1 Å². The van der Waals surface area contributed by atoms with Crippen LogP contribution in [0.3, 0.4) is 0 Å². The number of carbonyl (C=O) groups excluding carboxylic acids is 1. The summed E-state index contributed by atoms with van der Waals surface area (Å²) in [7, 11) is 0. The first-order valence-corrected chi connectivity index (χ1v) is 11.7. The highest BCUT2D eigenvalue weighted by molar-refractivity contribution is 8.00. The third-order valence-corrected chi connectivity index (χ3v) is 6.85. The van der Waals surface area contributed by atoms with Crippen molar-refractivity contribution in [1.29, 1.82) is 5.26 Å². The van der Waals surface area contributed by atoms with E-state index in [0.717, 1.165) is 15.3 Å². The Kier molecular flexibility index (Phi) is 5.85. The fourth-order valence-electron chi connectivity index (χ4n) is 3.22. The first-order valence-electron chi connectivity index (χ1n) is 9.90. The van der Waals surface area contributed by atoms with Crippen molar-refractivity contribution in [1.82, 2.24) is 15.2 Å². The van der Waals surface area contributed by atoms with Crippen molar-refractivity contribution in [3.8, 4) is 17.5 Å². The van der Waals surface area contributed by atoms with Crippen LogP contribution >= 0.6 is 23.1 Å². The number of anilines is 1. The molecule has 0 fully saturated rings. The molecule has 0 atom stereocenters. The molecule has 9 heteroatoms. The Morgan fingerprint density at radius 1 is 1.09 bits per heavy atom. The molecule has 2 aromatic carbocycles. The summed E-state index contributed by atoms with van der Waals surface area (Å²) in [5, 5.41) is 21.2. The lowest BCUT2D eigenvalue weighted by Gasteiger charge is -2.08. The minimum Gasteiger partial charge on any atom is -0.463 e. The Morgan fingerprint density at radius 3 is 2.73 bits per heavy atom. The van der Waals surface area contributed by atoms with Gasteiger partial charge in [0.2, 0.25) is 5.13 Å². The highest BCUT2D eigenvalue weighted by Gasteiger charge is 2.17. The third-order valence-electron chi connectivity index (χ3n) is 4.81. The minimum absolute atomic E-state index is 0.291. The highest BCUT2D eigenvalue weighted by atomic mass is 32.2. The van der Waals surface area contributed by atoms with E-state index in [4.69, 9.17) is 9.68 Å². The van der Waals surface area contributed by atoms with E-state index in [1.807, 2.05) is 36.4 Å². The van der Waals surface area contributed by atoms with E-state index in [-0.39, 0.29) is 5.91 Å². The number of fused-ring (bicyclic) bond motifs is 1. The molecular formula is C24H15N5O2S2. The molecule has 0 unspecified atom stereocenters. The number of pyridine rings is 1. The zero-order valence-electron chi connectivity index (χ0n) is 17.1. The molecule has 3 heterocycles. The lowest BCUT2D eigenvalue weighted by atomic mass is 10.1. The molecule has 7 nitrogen and oxygen atoms in total. The van der Waals surface area contributed by atoms with Crippen LogP contribution in [-0.2, 0) is 5.75 Å². The third kappa shape index (κ3) is 4.62. The molecule has 3 aromatic heterocycles. The van der Waals surface area contributed by atoms with Crippen molar-refractivity contribution >= 4 is 45.0 Å². The Bertz CT molecular complexity index is 1470. The zero-order chi connectivity index (χ0) is 22.6. The van der Waals surface area contributed by atoms with Gasteiger partial charge in [-0.15, -0.1) is 10.2 Å². The molecule has 5 rings (SSSR count). The second-order valence-electron chi connectivity index (χ2n) is 6.97. The largest absolute Gasteiger partial charge is 0.463 e. The predicted molar refractivity (Wildman–Crippen MR) is 128 cm³/mol. The Balaban J connectivity index is 1.34. The number of nitrogens with zero attached hydrogens (tertiary/aromatic N) is 4. The zero-order valence-corrected chi connectivity index (χ0v) is 18.7. The number of rotatable bonds is 6. The molecule has 0 saturated carbocycles. The molecule has 0 aliphatic rings. The summed E-state index contributed by atoms with van der Waals surface area (Å²) < 4.78 is 6.21. The molecule has 160 valence electrons. The van der Waals surface area contributed by atoms with E-state index in [1.54, 1.807) is 36.6 Å². The van der Waals surface area contributed by atoms with E-state index in [0.29, 0.717) is 39.0 Å². The van der Waals surface area contributed by atoms with Gasteiger partial charge in [-0.3, -0.25) is 10.1 Å². The van der Waals surface area contributed by atoms with Crippen molar-refractivity contribution in [2.75, 3.05) is 5.32 Å². The molecule has 1 N–H and O–H groups in total. The van der Waals surface area contributed by atoms with Crippen LogP contribution in [0.4, 0.5) is 5.13 Å². The van der Waals surface area contributed by atoms with Gasteiger partial charge in [-0.05, 0) is 42.0 Å². The average molecular weight is 470 g/mol. The van der Waals surface area contributed by atoms with Crippen molar-refractivity contribution in [3.63, 3.8) is 0 Å². The van der Waals surface area contributed by atoms with Gasteiger partial charge in [-0.1, -0.05) is 53.4 Å². The van der Waals surface area contributed by atoms with Gasteiger partial charge in [0, 0.05) is 11.1 Å². The first-order chi connectivity index (χ1) is 16.2. The molecule has 0 saturated heterocycles. The second-order valence-corrected chi connectivity index (χ2v) is 9.17. The number of carbonyl (C=O) groups is 1. The van der Waals surface area contributed by atoms with E-state index < -0.39 is 0 Å². The normalized spacial score (nSPS) is 10.8. The van der Waals surface area contributed by atoms with Gasteiger partial charge < -0.3 is 4.42 Å². The number of thioether (sulfide) groups is 1.